The van der Waals surface area contributed by atoms with Gasteiger partial charge in [-0.1, -0.05) is 54.9 Å². The second-order valence-electron chi connectivity index (χ2n) is 7.51. The minimum Gasteiger partial charge on any atom is -0.485 e. The highest BCUT2D eigenvalue weighted by Gasteiger charge is 2.28. The van der Waals surface area contributed by atoms with Gasteiger partial charge in [0.1, 0.15) is 6.61 Å². The van der Waals surface area contributed by atoms with Gasteiger partial charge in [0, 0.05) is 4.47 Å². The van der Waals surface area contributed by atoms with Crippen LogP contribution in [0.2, 0.25) is 0 Å². The van der Waals surface area contributed by atoms with Crippen molar-refractivity contribution in [2.75, 3.05) is 6.61 Å². The lowest BCUT2D eigenvalue weighted by Gasteiger charge is -2.27. The number of carbonyl (C=O) groups is 1. The molecule has 1 aliphatic heterocycles. The van der Waals surface area contributed by atoms with Gasteiger partial charge in [-0.2, -0.15) is 5.10 Å². The lowest BCUT2D eigenvalue weighted by molar-refractivity contribution is -0.130. The molecule has 0 aromatic heterocycles. The minimum atomic E-state index is -0.744. The van der Waals surface area contributed by atoms with Crippen molar-refractivity contribution >= 4 is 27.5 Å². The molecule has 0 saturated heterocycles. The summed E-state index contributed by atoms with van der Waals surface area (Å²) in [7, 11) is 0. The van der Waals surface area contributed by atoms with Crippen LogP contribution in [0.25, 0.3) is 0 Å². The molecule has 1 aliphatic rings. The normalized spacial score (nSPS) is 16.8. The van der Waals surface area contributed by atoms with Crippen molar-refractivity contribution in [1.29, 1.82) is 0 Å². The molecule has 5 nitrogen and oxygen atoms in total. The van der Waals surface area contributed by atoms with Crippen LogP contribution in [0.1, 0.15) is 38.8 Å². The van der Waals surface area contributed by atoms with Gasteiger partial charge in [-0.15, -0.1) is 0 Å². The molecule has 142 valence electrons. The summed E-state index contributed by atoms with van der Waals surface area (Å²) in [6.45, 7) is 8.37. The van der Waals surface area contributed by atoms with Crippen LogP contribution in [-0.2, 0) is 10.2 Å². The van der Waals surface area contributed by atoms with E-state index in [4.69, 9.17) is 9.47 Å². The van der Waals surface area contributed by atoms with Gasteiger partial charge in [-0.25, -0.2) is 5.43 Å². The lowest BCUT2D eigenvalue weighted by Crippen LogP contribution is -2.42. The lowest BCUT2D eigenvalue weighted by atomic mass is 9.87. The zero-order chi connectivity index (χ0) is 19.6. The monoisotopic (exact) mass is 430 g/mol. The molecular weight excluding hydrogens is 408 g/mol. The predicted molar refractivity (Wildman–Crippen MR) is 110 cm³/mol. The first-order chi connectivity index (χ1) is 12.7. The van der Waals surface area contributed by atoms with Gasteiger partial charge in [0.15, 0.2) is 11.5 Å². The zero-order valence-electron chi connectivity index (χ0n) is 15.9. The predicted octanol–water partition coefficient (Wildman–Crippen LogP) is 4.43. The number of amides is 1. The molecule has 1 N–H and O–H groups in total. The summed E-state index contributed by atoms with van der Waals surface area (Å²) in [6, 6.07) is 13.6. The van der Waals surface area contributed by atoms with Crippen molar-refractivity contribution in [3.05, 3.63) is 58.1 Å². The summed E-state index contributed by atoms with van der Waals surface area (Å²) in [5, 5.41) is 4.18. The summed E-state index contributed by atoms with van der Waals surface area (Å²) in [5.74, 6) is 0.901. The zero-order valence-corrected chi connectivity index (χ0v) is 17.5. The molecule has 27 heavy (non-hydrogen) atoms. The molecule has 6 heteroatoms. The van der Waals surface area contributed by atoms with E-state index in [1.165, 1.54) is 0 Å². The first-order valence-corrected chi connectivity index (χ1v) is 9.57. The molecule has 1 unspecified atom stereocenters. The van der Waals surface area contributed by atoms with E-state index in [2.05, 4.69) is 47.2 Å². The van der Waals surface area contributed by atoms with Crippen molar-refractivity contribution in [3.63, 3.8) is 0 Å². The summed E-state index contributed by atoms with van der Waals surface area (Å²) in [4.78, 5) is 12.5. The number of hydrogen-bond acceptors (Lipinski definition) is 4. The number of halogens is 1. The van der Waals surface area contributed by atoms with Crippen LogP contribution in [0.5, 0.6) is 11.5 Å². The molecule has 0 spiro atoms. The molecule has 3 rings (SSSR count). The van der Waals surface area contributed by atoms with Gasteiger partial charge in [0.05, 0.1) is 5.71 Å². The summed E-state index contributed by atoms with van der Waals surface area (Å²) in [6.07, 6.45) is -0.744. The second kappa shape index (κ2) is 7.72. The first-order valence-electron chi connectivity index (χ1n) is 8.78. The Morgan fingerprint density at radius 2 is 1.96 bits per heavy atom. The number of rotatable bonds is 3. The number of hydrazone groups is 1. The maximum Gasteiger partial charge on any atom is 0.284 e. The van der Waals surface area contributed by atoms with Gasteiger partial charge in [0.25, 0.3) is 5.91 Å². The van der Waals surface area contributed by atoms with Crippen LogP contribution in [0.3, 0.4) is 0 Å². The maximum atomic E-state index is 12.5. The Bertz CT molecular complexity index is 887. The van der Waals surface area contributed by atoms with Crippen LogP contribution in [-0.4, -0.2) is 24.3 Å². The highest BCUT2D eigenvalue weighted by molar-refractivity contribution is 9.10. The number of carbonyl (C=O) groups excluding carboxylic acids is 1. The van der Waals surface area contributed by atoms with E-state index in [0.717, 1.165) is 15.6 Å². The van der Waals surface area contributed by atoms with Crippen LogP contribution in [0.4, 0.5) is 0 Å². The average molecular weight is 431 g/mol. The number of nitrogens with zero attached hydrogens (tertiary/aromatic N) is 1. The van der Waals surface area contributed by atoms with E-state index in [1.54, 1.807) is 0 Å². The number of ether oxygens (including phenoxy) is 2. The standard InChI is InChI=1S/C21H23BrN2O3/c1-13(14-6-5-7-16(22)10-14)23-24-20(25)19-12-26-17-9-8-15(21(2,3)4)11-18(17)27-19/h5-11,19H,12H2,1-4H3,(H,24,25). The Hall–Kier alpha value is -2.34. The topological polar surface area (TPSA) is 59.9 Å². The third kappa shape index (κ3) is 4.69. The van der Waals surface area contributed by atoms with Crippen molar-refractivity contribution in [2.24, 2.45) is 5.10 Å². The van der Waals surface area contributed by atoms with Gasteiger partial charge in [-0.05, 0) is 47.7 Å². The molecule has 0 radical (unpaired) electrons. The van der Waals surface area contributed by atoms with E-state index in [0.29, 0.717) is 17.2 Å². The van der Waals surface area contributed by atoms with E-state index in [-0.39, 0.29) is 17.9 Å². The third-order valence-corrected chi connectivity index (χ3v) is 4.83. The highest BCUT2D eigenvalue weighted by atomic mass is 79.9. The minimum absolute atomic E-state index is 0.0149. The molecule has 1 heterocycles. The van der Waals surface area contributed by atoms with Crippen LogP contribution < -0.4 is 14.9 Å². The SMILES string of the molecule is CC(=NNC(=O)C1COc2ccc(C(C)(C)C)cc2O1)c1cccc(Br)c1. The quantitative estimate of drug-likeness (QED) is 0.578. The number of hydrogen-bond donors (Lipinski definition) is 1. The molecule has 1 amide bonds. The molecule has 2 aromatic carbocycles. The molecular formula is C21H23BrN2O3. The van der Waals surface area contributed by atoms with Crippen molar-refractivity contribution < 1.29 is 14.3 Å². The maximum absolute atomic E-state index is 12.5. The largest absolute Gasteiger partial charge is 0.485 e. The summed E-state index contributed by atoms with van der Waals surface area (Å²) >= 11 is 3.43. The number of fused-ring (bicyclic) bond motifs is 1. The Balaban J connectivity index is 1.69. The van der Waals surface area contributed by atoms with Gasteiger partial charge in [0.2, 0.25) is 6.10 Å². The fraction of sp³-hybridized carbons (Fsp3) is 0.333. The molecule has 1 atom stereocenters. The van der Waals surface area contributed by atoms with E-state index < -0.39 is 6.10 Å². The third-order valence-electron chi connectivity index (χ3n) is 4.34. The number of nitrogens with one attached hydrogen (secondary N) is 1. The van der Waals surface area contributed by atoms with Crippen LogP contribution >= 0.6 is 15.9 Å². The van der Waals surface area contributed by atoms with Crippen molar-refractivity contribution in [2.45, 2.75) is 39.2 Å². The second-order valence-corrected chi connectivity index (χ2v) is 8.43. The summed E-state index contributed by atoms with van der Waals surface area (Å²) < 4.78 is 12.5. The molecule has 2 aromatic rings. The van der Waals surface area contributed by atoms with Gasteiger partial charge < -0.3 is 9.47 Å². The Kier molecular flexibility index (Phi) is 5.56. The average Bonchev–Trinajstić information content (AvgIpc) is 2.64. The smallest absolute Gasteiger partial charge is 0.284 e. The Morgan fingerprint density at radius 1 is 1.19 bits per heavy atom. The van der Waals surface area contributed by atoms with E-state index >= 15 is 0 Å². The van der Waals surface area contributed by atoms with E-state index in [9.17, 15) is 4.79 Å². The van der Waals surface area contributed by atoms with E-state index in [1.807, 2.05) is 49.4 Å². The molecule has 0 aliphatic carbocycles. The fourth-order valence-corrected chi connectivity index (χ4v) is 3.06. The Morgan fingerprint density at radius 3 is 2.67 bits per heavy atom. The number of benzene rings is 2. The molecule has 0 bridgehead atoms. The van der Waals surface area contributed by atoms with Crippen LogP contribution in [0, 0.1) is 0 Å². The molecule has 0 fully saturated rings. The van der Waals surface area contributed by atoms with Crippen LogP contribution in [0.15, 0.2) is 52.0 Å². The van der Waals surface area contributed by atoms with Crippen molar-refractivity contribution in [1.82, 2.24) is 5.43 Å². The van der Waals surface area contributed by atoms with Crippen molar-refractivity contribution in [3.8, 4) is 11.5 Å². The summed E-state index contributed by atoms with van der Waals surface area (Å²) in [5.41, 5.74) is 5.31. The highest BCUT2D eigenvalue weighted by Crippen LogP contribution is 2.36. The molecule has 0 saturated carbocycles. The fourth-order valence-electron chi connectivity index (χ4n) is 2.66. The first kappa shape index (κ1) is 19.4. The Labute approximate surface area is 167 Å². The van der Waals surface area contributed by atoms with Gasteiger partial charge in [-0.3, -0.25) is 4.79 Å². The van der Waals surface area contributed by atoms with Gasteiger partial charge >= 0.3 is 0 Å².